The molecule has 1 aliphatic rings. The maximum absolute atomic E-state index is 12.5. The SMILES string of the molecule is O=C(Nc1ccc(-c2ccc3c(c2)NC(=O)/C3=C\c2ccc[nH]2)cc1)Nc1ccc(Cl)c(Cl)c1. The van der Waals surface area contributed by atoms with Crippen LogP contribution >= 0.6 is 23.2 Å². The van der Waals surface area contributed by atoms with Gasteiger partial charge in [0.1, 0.15) is 0 Å². The van der Waals surface area contributed by atoms with Gasteiger partial charge in [-0.05, 0) is 65.7 Å². The van der Waals surface area contributed by atoms with E-state index in [1.807, 2.05) is 66.9 Å². The van der Waals surface area contributed by atoms with Gasteiger partial charge in [0.05, 0.1) is 15.6 Å². The van der Waals surface area contributed by atoms with Gasteiger partial charge in [0.15, 0.2) is 0 Å². The van der Waals surface area contributed by atoms with Crippen molar-refractivity contribution in [2.75, 3.05) is 16.0 Å². The van der Waals surface area contributed by atoms with Crippen LogP contribution in [-0.4, -0.2) is 16.9 Å². The van der Waals surface area contributed by atoms with Gasteiger partial charge < -0.3 is 20.9 Å². The third kappa shape index (κ3) is 4.55. The molecule has 4 aromatic rings. The number of hydrogen-bond donors (Lipinski definition) is 4. The number of benzene rings is 3. The Hall–Kier alpha value is -4.00. The Morgan fingerprint density at radius 2 is 1.56 bits per heavy atom. The average molecular weight is 489 g/mol. The molecule has 0 atom stereocenters. The summed E-state index contributed by atoms with van der Waals surface area (Å²) in [6.07, 6.45) is 3.66. The number of carbonyl (C=O) groups excluding carboxylic acids is 2. The van der Waals surface area contributed by atoms with E-state index >= 15 is 0 Å². The Bertz CT molecular complexity index is 1430. The first-order valence-electron chi connectivity index (χ1n) is 10.4. The molecule has 0 radical (unpaired) electrons. The summed E-state index contributed by atoms with van der Waals surface area (Å²) in [5, 5.41) is 9.21. The molecule has 0 fully saturated rings. The van der Waals surface area contributed by atoms with E-state index in [9.17, 15) is 9.59 Å². The molecule has 3 amide bonds. The van der Waals surface area contributed by atoms with E-state index < -0.39 is 6.03 Å². The van der Waals surface area contributed by atoms with Crippen molar-refractivity contribution in [3.63, 3.8) is 0 Å². The molecular weight excluding hydrogens is 471 g/mol. The Morgan fingerprint density at radius 1 is 0.824 bits per heavy atom. The molecule has 0 aliphatic carbocycles. The molecule has 1 aliphatic heterocycles. The monoisotopic (exact) mass is 488 g/mol. The van der Waals surface area contributed by atoms with Crippen LogP contribution in [0.5, 0.6) is 0 Å². The lowest BCUT2D eigenvalue weighted by Crippen LogP contribution is -2.19. The third-order valence-electron chi connectivity index (χ3n) is 5.38. The first kappa shape index (κ1) is 21.8. The number of amides is 3. The summed E-state index contributed by atoms with van der Waals surface area (Å²) in [6, 6.07) is 21.6. The number of halogens is 2. The first-order chi connectivity index (χ1) is 16.5. The van der Waals surface area contributed by atoms with Crippen LogP contribution in [0.25, 0.3) is 22.8 Å². The number of nitrogens with one attached hydrogen (secondary N) is 4. The number of aromatic amines is 1. The molecule has 8 heteroatoms. The van der Waals surface area contributed by atoms with Gasteiger partial charge >= 0.3 is 6.03 Å². The maximum Gasteiger partial charge on any atom is 0.323 e. The van der Waals surface area contributed by atoms with Crippen molar-refractivity contribution in [1.82, 2.24) is 4.98 Å². The highest BCUT2D eigenvalue weighted by Gasteiger charge is 2.24. The highest BCUT2D eigenvalue weighted by molar-refractivity contribution is 6.42. The van der Waals surface area contributed by atoms with Gasteiger partial charge in [-0.2, -0.15) is 0 Å². The Kier molecular flexibility index (Phi) is 5.84. The number of aromatic nitrogens is 1. The summed E-state index contributed by atoms with van der Waals surface area (Å²) in [6.45, 7) is 0. The van der Waals surface area contributed by atoms with Crippen LogP contribution < -0.4 is 16.0 Å². The summed E-state index contributed by atoms with van der Waals surface area (Å²) >= 11 is 11.9. The summed E-state index contributed by atoms with van der Waals surface area (Å²) in [5.74, 6) is -0.130. The number of rotatable bonds is 4. The van der Waals surface area contributed by atoms with Crippen molar-refractivity contribution in [2.45, 2.75) is 0 Å². The van der Waals surface area contributed by atoms with Gasteiger partial charge in [-0.1, -0.05) is 47.5 Å². The number of fused-ring (bicyclic) bond motifs is 1. The van der Waals surface area contributed by atoms with E-state index in [2.05, 4.69) is 20.9 Å². The number of anilines is 3. The highest BCUT2D eigenvalue weighted by atomic mass is 35.5. The molecule has 5 rings (SSSR count). The fourth-order valence-corrected chi connectivity index (χ4v) is 4.02. The number of H-pyrrole nitrogens is 1. The minimum absolute atomic E-state index is 0.130. The fourth-order valence-electron chi connectivity index (χ4n) is 3.72. The van der Waals surface area contributed by atoms with E-state index in [0.717, 1.165) is 28.1 Å². The van der Waals surface area contributed by atoms with Gasteiger partial charge in [0.25, 0.3) is 5.91 Å². The Morgan fingerprint density at radius 3 is 2.29 bits per heavy atom. The number of urea groups is 1. The van der Waals surface area contributed by atoms with Crippen LogP contribution in [0, 0.1) is 0 Å². The zero-order valence-corrected chi connectivity index (χ0v) is 19.2. The van der Waals surface area contributed by atoms with Crippen LogP contribution in [0.4, 0.5) is 21.9 Å². The highest BCUT2D eigenvalue weighted by Crippen LogP contribution is 2.36. The van der Waals surface area contributed by atoms with Gasteiger partial charge in [0, 0.05) is 34.5 Å². The molecule has 6 nitrogen and oxygen atoms in total. The lowest BCUT2D eigenvalue weighted by atomic mass is 10.00. The molecule has 168 valence electrons. The molecule has 4 N–H and O–H groups in total. The topological polar surface area (TPSA) is 86.0 Å². The van der Waals surface area contributed by atoms with Gasteiger partial charge in [-0.15, -0.1) is 0 Å². The summed E-state index contributed by atoms with van der Waals surface area (Å²) in [4.78, 5) is 27.8. The zero-order chi connectivity index (χ0) is 23.7. The van der Waals surface area contributed by atoms with Crippen molar-refractivity contribution in [3.8, 4) is 11.1 Å². The largest absolute Gasteiger partial charge is 0.362 e. The molecule has 0 unspecified atom stereocenters. The Balaban J connectivity index is 1.29. The molecule has 0 bridgehead atoms. The summed E-state index contributed by atoms with van der Waals surface area (Å²) < 4.78 is 0. The van der Waals surface area contributed by atoms with Crippen molar-refractivity contribution in [2.24, 2.45) is 0 Å². The number of hydrogen-bond acceptors (Lipinski definition) is 2. The minimum atomic E-state index is -0.396. The lowest BCUT2D eigenvalue weighted by molar-refractivity contribution is -0.110. The third-order valence-corrected chi connectivity index (χ3v) is 6.12. The van der Waals surface area contributed by atoms with Crippen molar-refractivity contribution in [1.29, 1.82) is 0 Å². The molecule has 1 aromatic heterocycles. The van der Waals surface area contributed by atoms with Crippen LogP contribution in [0.2, 0.25) is 10.0 Å². The second kappa shape index (κ2) is 9.09. The van der Waals surface area contributed by atoms with Crippen molar-refractivity contribution >= 4 is 63.9 Å². The van der Waals surface area contributed by atoms with E-state index in [4.69, 9.17) is 23.2 Å². The van der Waals surface area contributed by atoms with Crippen molar-refractivity contribution < 1.29 is 9.59 Å². The molecule has 0 saturated carbocycles. The maximum atomic E-state index is 12.5. The molecule has 0 saturated heterocycles. The number of carbonyl (C=O) groups is 2. The van der Waals surface area contributed by atoms with E-state index in [-0.39, 0.29) is 5.91 Å². The van der Waals surface area contributed by atoms with Gasteiger partial charge in [-0.3, -0.25) is 4.79 Å². The van der Waals surface area contributed by atoms with E-state index in [1.165, 1.54) is 0 Å². The van der Waals surface area contributed by atoms with Gasteiger partial charge in [-0.25, -0.2) is 4.79 Å². The predicted octanol–water partition coefficient (Wildman–Crippen LogP) is 7.13. The fraction of sp³-hybridized carbons (Fsp3) is 0. The average Bonchev–Trinajstić information content (AvgIpc) is 3.44. The molecule has 34 heavy (non-hydrogen) atoms. The molecule has 2 heterocycles. The zero-order valence-electron chi connectivity index (χ0n) is 17.7. The van der Waals surface area contributed by atoms with Crippen molar-refractivity contribution in [3.05, 3.63) is 100 Å². The van der Waals surface area contributed by atoms with Crippen LogP contribution in [0.3, 0.4) is 0 Å². The van der Waals surface area contributed by atoms with Crippen LogP contribution in [0.1, 0.15) is 11.3 Å². The quantitative estimate of drug-likeness (QED) is 0.230. The van der Waals surface area contributed by atoms with Crippen LogP contribution in [-0.2, 0) is 4.79 Å². The molecule has 0 spiro atoms. The molecular formula is C26H18Cl2N4O2. The lowest BCUT2D eigenvalue weighted by Gasteiger charge is -2.10. The van der Waals surface area contributed by atoms with E-state index in [0.29, 0.717) is 27.0 Å². The van der Waals surface area contributed by atoms with Gasteiger partial charge in [0.2, 0.25) is 0 Å². The second-order valence-corrected chi connectivity index (χ2v) is 8.50. The van der Waals surface area contributed by atoms with Crippen LogP contribution in [0.15, 0.2) is 79.0 Å². The smallest absolute Gasteiger partial charge is 0.323 e. The standard InChI is InChI=1S/C26H18Cl2N4O2/c27-22-10-8-19(14-23(22)28)31-26(34)30-17-6-3-15(4-7-17)16-5-9-20-21(13-18-2-1-11-29-18)25(33)32-24(20)12-16/h1-14,29H,(H,32,33)(H2,30,31,34)/b21-13-. The summed E-state index contributed by atoms with van der Waals surface area (Å²) in [7, 11) is 0. The predicted molar refractivity (Wildman–Crippen MR) is 138 cm³/mol. The Labute approximate surface area is 205 Å². The van der Waals surface area contributed by atoms with E-state index in [1.54, 1.807) is 18.2 Å². The normalized spacial score (nSPS) is 13.5. The minimum Gasteiger partial charge on any atom is -0.362 e. The second-order valence-electron chi connectivity index (χ2n) is 7.68. The first-order valence-corrected chi connectivity index (χ1v) is 11.2. The molecule has 3 aromatic carbocycles. The summed E-state index contributed by atoms with van der Waals surface area (Å²) in [5.41, 5.74) is 6.19.